The molecule has 13 heavy (non-hydrogen) atoms. The molecule has 76 valence electrons. The average Bonchev–Trinajstić information content (AvgIpc) is 2.99. The number of hydrogen-bond acceptors (Lipinski definition) is 3. The molecule has 2 aliphatic rings. The fraction of sp³-hybridized carbons (Fsp3) is 1.00. The van der Waals surface area contributed by atoms with Crippen molar-refractivity contribution in [3.8, 4) is 0 Å². The van der Waals surface area contributed by atoms with Gasteiger partial charge in [0, 0.05) is 25.2 Å². The van der Waals surface area contributed by atoms with E-state index < -0.39 is 0 Å². The molecule has 1 unspecified atom stereocenters. The van der Waals surface area contributed by atoms with Crippen LogP contribution in [0.2, 0.25) is 0 Å². The Morgan fingerprint density at radius 1 is 1.23 bits per heavy atom. The molecule has 2 fully saturated rings. The van der Waals surface area contributed by atoms with Crippen molar-refractivity contribution in [2.75, 3.05) is 26.2 Å². The lowest BCUT2D eigenvalue weighted by atomic mass is 10.1. The minimum absolute atomic E-state index is 0.313. The van der Waals surface area contributed by atoms with E-state index in [2.05, 4.69) is 10.2 Å². The van der Waals surface area contributed by atoms with Gasteiger partial charge in [-0.25, -0.2) is 0 Å². The van der Waals surface area contributed by atoms with Gasteiger partial charge in [-0.05, 0) is 32.2 Å². The van der Waals surface area contributed by atoms with Crippen LogP contribution in [0.15, 0.2) is 0 Å². The lowest BCUT2D eigenvalue weighted by molar-refractivity contribution is 0.124. The predicted molar refractivity (Wildman–Crippen MR) is 52.7 cm³/mol. The topological polar surface area (TPSA) is 35.5 Å². The summed E-state index contributed by atoms with van der Waals surface area (Å²) in [6, 6.07) is 1.48. The Morgan fingerprint density at radius 3 is 2.62 bits per heavy atom. The quantitative estimate of drug-likeness (QED) is 0.655. The van der Waals surface area contributed by atoms with Gasteiger partial charge >= 0.3 is 0 Å². The molecule has 2 rings (SSSR count). The molecule has 1 saturated heterocycles. The second kappa shape index (κ2) is 4.40. The molecule has 1 aliphatic carbocycles. The highest BCUT2D eigenvalue weighted by Crippen LogP contribution is 2.29. The van der Waals surface area contributed by atoms with Gasteiger partial charge in [-0.3, -0.25) is 4.90 Å². The molecule has 3 nitrogen and oxygen atoms in total. The van der Waals surface area contributed by atoms with Gasteiger partial charge in [-0.15, -0.1) is 0 Å². The van der Waals surface area contributed by atoms with E-state index in [9.17, 15) is 0 Å². The first-order valence-corrected chi connectivity index (χ1v) is 5.49. The molecule has 0 aromatic carbocycles. The number of piperidine rings is 1. The summed E-state index contributed by atoms with van der Waals surface area (Å²) >= 11 is 0. The summed E-state index contributed by atoms with van der Waals surface area (Å²) in [7, 11) is 0. The maximum absolute atomic E-state index is 8.98. The van der Waals surface area contributed by atoms with E-state index in [1.165, 1.54) is 32.2 Å². The van der Waals surface area contributed by atoms with Crippen molar-refractivity contribution in [2.45, 2.75) is 37.8 Å². The first-order valence-electron chi connectivity index (χ1n) is 5.49. The van der Waals surface area contributed by atoms with Gasteiger partial charge in [0.15, 0.2) is 0 Å². The van der Waals surface area contributed by atoms with Crippen molar-refractivity contribution in [3.05, 3.63) is 0 Å². The third-order valence-corrected chi connectivity index (χ3v) is 3.11. The van der Waals surface area contributed by atoms with Crippen LogP contribution < -0.4 is 5.32 Å². The van der Waals surface area contributed by atoms with Crippen LogP contribution in [0, 0.1) is 0 Å². The van der Waals surface area contributed by atoms with Gasteiger partial charge in [0.2, 0.25) is 0 Å². The van der Waals surface area contributed by atoms with Crippen molar-refractivity contribution in [1.82, 2.24) is 10.2 Å². The summed E-state index contributed by atoms with van der Waals surface area (Å²) in [5.41, 5.74) is 0. The molecule has 0 aromatic heterocycles. The first kappa shape index (κ1) is 9.44. The highest BCUT2D eigenvalue weighted by Gasteiger charge is 2.33. The standard InChI is InChI=1S/C10H20N2O/c13-7-6-12(9-3-4-9)10-2-1-5-11-8-10/h9-11,13H,1-8H2. The maximum atomic E-state index is 8.98. The van der Waals surface area contributed by atoms with Crippen LogP contribution in [0.3, 0.4) is 0 Å². The van der Waals surface area contributed by atoms with Gasteiger partial charge in [0.05, 0.1) is 6.61 Å². The molecule has 0 radical (unpaired) electrons. The monoisotopic (exact) mass is 184 g/mol. The molecular formula is C10H20N2O. The summed E-state index contributed by atoms with van der Waals surface area (Å²) in [5.74, 6) is 0. The highest BCUT2D eigenvalue weighted by atomic mass is 16.3. The summed E-state index contributed by atoms with van der Waals surface area (Å²) in [6.45, 7) is 3.48. The van der Waals surface area contributed by atoms with Crippen molar-refractivity contribution in [2.24, 2.45) is 0 Å². The Bertz CT molecular complexity index is 153. The predicted octanol–water partition coefficient (Wildman–Crippen LogP) is 0.195. The molecule has 3 heteroatoms. The lowest BCUT2D eigenvalue weighted by Crippen LogP contribution is -2.48. The van der Waals surface area contributed by atoms with Crippen LogP contribution in [0.4, 0.5) is 0 Å². The fourth-order valence-electron chi connectivity index (χ4n) is 2.30. The van der Waals surface area contributed by atoms with E-state index in [1.54, 1.807) is 0 Å². The molecule has 1 aliphatic heterocycles. The third-order valence-electron chi connectivity index (χ3n) is 3.11. The SMILES string of the molecule is OCCN(C1CC1)C1CCCNC1. The highest BCUT2D eigenvalue weighted by molar-refractivity contribution is 4.90. The molecule has 1 saturated carbocycles. The number of aliphatic hydroxyl groups is 1. The number of nitrogens with one attached hydrogen (secondary N) is 1. The van der Waals surface area contributed by atoms with Crippen LogP contribution in [0.1, 0.15) is 25.7 Å². The van der Waals surface area contributed by atoms with Gasteiger partial charge < -0.3 is 10.4 Å². The summed E-state index contributed by atoms with van der Waals surface area (Å²) < 4.78 is 0. The van der Waals surface area contributed by atoms with E-state index in [-0.39, 0.29) is 0 Å². The van der Waals surface area contributed by atoms with Crippen molar-refractivity contribution >= 4 is 0 Å². The van der Waals surface area contributed by atoms with E-state index in [1.807, 2.05) is 0 Å². The van der Waals surface area contributed by atoms with Crippen molar-refractivity contribution in [1.29, 1.82) is 0 Å². The third kappa shape index (κ3) is 2.42. The molecule has 1 atom stereocenters. The second-order valence-corrected chi connectivity index (χ2v) is 4.19. The smallest absolute Gasteiger partial charge is 0.0558 e. The van der Waals surface area contributed by atoms with Crippen molar-refractivity contribution < 1.29 is 5.11 Å². The second-order valence-electron chi connectivity index (χ2n) is 4.19. The van der Waals surface area contributed by atoms with Gasteiger partial charge in [-0.2, -0.15) is 0 Å². The van der Waals surface area contributed by atoms with Gasteiger partial charge in [-0.1, -0.05) is 0 Å². The van der Waals surface area contributed by atoms with Crippen LogP contribution in [0.25, 0.3) is 0 Å². The average molecular weight is 184 g/mol. The fourth-order valence-corrected chi connectivity index (χ4v) is 2.30. The zero-order chi connectivity index (χ0) is 9.10. The summed E-state index contributed by atoms with van der Waals surface area (Å²) in [4.78, 5) is 2.51. The van der Waals surface area contributed by atoms with Gasteiger partial charge in [0.25, 0.3) is 0 Å². The molecule has 2 N–H and O–H groups in total. The number of nitrogens with zero attached hydrogens (tertiary/aromatic N) is 1. The Morgan fingerprint density at radius 2 is 2.08 bits per heavy atom. The van der Waals surface area contributed by atoms with E-state index in [0.29, 0.717) is 12.6 Å². The number of hydrogen-bond donors (Lipinski definition) is 2. The number of aliphatic hydroxyl groups excluding tert-OH is 1. The zero-order valence-electron chi connectivity index (χ0n) is 8.21. The number of rotatable bonds is 4. The van der Waals surface area contributed by atoms with E-state index in [0.717, 1.165) is 19.1 Å². The Labute approximate surface area is 80.1 Å². The molecular weight excluding hydrogens is 164 g/mol. The molecule has 0 amide bonds. The van der Waals surface area contributed by atoms with Crippen LogP contribution in [0.5, 0.6) is 0 Å². The minimum Gasteiger partial charge on any atom is -0.395 e. The Balaban J connectivity index is 1.84. The van der Waals surface area contributed by atoms with Crippen LogP contribution in [-0.2, 0) is 0 Å². The molecule has 0 aromatic rings. The minimum atomic E-state index is 0.313. The normalized spacial score (nSPS) is 29.5. The van der Waals surface area contributed by atoms with Crippen LogP contribution in [-0.4, -0.2) is 48.3 Å². The van der Waals surface area contributed by atoms with Crippen LogP contribution >= 0.6 is 0 Å². The largest absolute Gasteiger partial charge is 0.395 e. The summed E-state index contributed by atoms with van der Waals surface area (Å²) in [6.07, 6.45) is 5.29. The Hall–Kier alpha value is -0.120. The maximum Gasteiger partial charge on any atom is 0.0558 e. The zero-order valence-corrected chi connectivity index (χ0v) is 8.21. The van der Waals surface area contributed by atoms with Gasteiger partial charge in [0.1, 0.15) is 0 Å². The van der Waals surface area contributed by atoms with Crippen molar-refractivity contribution in [3.63, 3.8) is 0 Å². The molecule has 1 heterocycles. The molecule has 0 bridgehead atoms. The summed E-state index contributed by atoms with van der Waals surface area (Å²) in [5, 5.41) is 12.4. The first-order chi connectivity index (χ1) is 6.42. The molecule has 0 spiro atoms. The van der Waals surface area contributed by atoms with E-state index in [4.69, 9.17) is 5.11 Å². The lowest BCUT2D eigenvalue weighted by Gasteiger charge is -2.34. The Kier molecular flexibility index (Phi) is 3.19. The van der Waals surface area contributed by atoms with E-state index >= 15 is 0 Å².